The van der Waals surface area contributed by atoms with Crippen molar-refractivity contribution in [2.45, 2.75) is 0 Å². The summed E-state index contributed by atoms with van der Waals surface area (Å²) in [6, 6.07) is 11.5. The molecular formula is C16H11BrO4. The Balaban J connectivity index is 2.21. The van der Waals surface area contributed by atoms with Gasteiger partial charge >= 0.3 is 0 Å². The summed E-state index contributed by atoms with van der Waals surface area (Å²) in [5.41, 5.74) is 1.04. The zero-order valence-corrected chi connectivity index (χ0v) is 12.7. The molecule has 3 rings (SSSR count). The van der Waals surface area contributed by atoms with Crippen LogP contribution < -0.4 is 10.2 Å². The Kier molecular flexibility index (Phi) is 3.43. The lowest BCUT2D eigenvalue weighted by Gasteiger charge is -2.07. The number of phenolic OH excluding ortho intramolecular Hbond substituents is 1. The Morgan fingerprint density at radius 1 is 1.14 bits per heavy atom. The number of rotatable bonds is 2. The van der Waals surface area contributed by atoms with Crippen LogP contribution in [0.5, 0.6) is 11.5 Å². The van der Waals surface area contributed by atoms with Crippen molar-refractivity contribution in [3.8, 4) is 22.8 Å². The van der Waals surface area contributed by atoms with Gasteiger partial charge in [-0.25, -0.2) is 0 Å². The summed E-state index contributed by atoms with van der Waals surface area (Å²) in [6.07, 6.45) is 0. The van der Waals surface area contributed by atoms with E-state index in [4.69, 9.17) is 9.15 Å². The van der Waals surface area contributed by atoms with E-state index in [9.17, 15) is 9.90 Å². The van der Waals surface area contributed by atoms with E-state index in [1.807, 2.05) is 6.07 Å². The van der Waals surface area contributed by atoms with Gasteiger partial charge in [-0.05, 0) is 36.4 Å². The maximum Gasteiger partial charge on any atom is 0.193 e. The van der Waals surface area contributed by atoms with Crippen LogP contribution in [0.4, 0.5) is 0 Å². The van der Waals surface area contributed by atoms with Gasteiger partial charge in [-0.3, -0.25) is 4.79 Å². The highest BCUT2D eigenvalue weighted by Crippen LogP contribution is 2.32. The number of hydrogen-bond donors (Lipinski definition) is 1. The van der Waals surface area contributed by atoms with Crippen molar-refractivity contribution in [1.82, 2.24) is 0 Å². The molecule has 0 aliphatic carbocycles. The first-order valence-electron chi connectivity index (χ1n) is 6.19. The highest BCUT2D eigenvalue weighted by molar-refractivity contribution is 9.10. The molecule has 5 heteroatoms. The molecule has 0 amide bonds. The number of benzene rings is 2. The molecule has 0 aliphatic heterocycles. The lowest BCUT2D eigenvalue weighted by atomic mass is 10.1. The van der Waals surface area contributed by atoms with Crippen LogP contribution in [-0.4, -0.2) is 12.2 Å². The molecule has 1 N–H and O–H groups in total. The van der Waals surface area contributed by atoms with Crippen LogP contribution in [0.15, 0.2) is 56.1 Å². The number of aromatic hydroxyl groups is 1. The molecule has 0 bridgehead atoms. The summed E-state index contributed by atoms with van der Waals surface area (Å²) in [5.74, 6) is 0.785. The van der Waals surface area contributed by atoms with Crippen molar-refractivity contribution in [2.24, 2.45) is 0 Å². The molecular weight excluding hydrogens is 336 g/mol. The Morgan fingerprint density at radius 3 is 2.71 bits per heavy atom. The molecule has 0 fully saturated rings. The first-order chi connectivity index (χ1) is 10.1. The zero-order chi connectivity index (χ0) is 15.0. The summed E-state index contributed by atoms with van der Waals surface area (Å²) in [4.78, 5) is 12.2. The molecule has 3 aromatic rings. The van der Waals surface area contributed by atoms with Crippen molar-refractivity contribution in [3.63, 3.8) is 0 Å². The normalized spacial score (nSPS) is 10.8. The van der Waals surface area contributed by atoms with E-state index in [0.29, 0.717) is 28.0 Å². The third-order valence-corrected chi connectivity index (χ3v) is 3.65. The second-order valence-electron chi connectivity index (χ2n) is 4.50. The molecule has 0 aliphatic rings. The molecule has 4 nitrogen and oxygen atoms in total. The molecule has 0 spiro atoms. The molecule has 1 heterocycles. The predicted molar refractivity (Wildman–Crippen MR) is 83.8 cm³/mol. The Bertz CT molecular complexity index is 883. The van der Waals surface area contributed by atoms with E-state index in [1.165, 1.54) is 19.2 Å². The minimum atomic E-state index is -0.125. The third-order valence-electron chi connectivity index (χ3n) is 3.15. The van der Waals surface area contributed by atoms with E-state index in [1.54, 1.807) is 24.3 Å². The maximum atomic E-state index is 12.2. The summed E-state index contributed by atoms with van der Waals surface area (Å²) in [6.45, 7) is 0. The quantitative estimate of drug-likeness (QED) is 0.763. The van der Waals surface area contributed by atoms with Gasteiger partial charge in [0.05, 0.1) is 12.5 Å². The molecule has 0 unspecified atom stereocenters. The summed E-state index contributed by atoms with van der Waals surface area (Å²) >= 11 is 3.33. The van der Waals surface area contributed by atoms with Gasteiger partial charge in [0.25, 0.3) is 0 Å². The van der Waals surface area contributed by atoms with Crippen molar-refractivity contribution in [1.29, 1.82) is 0 Å². The first-order valence-corrected chi connectivity index (χ1v) is 6.98. The molecule has 0 radical (unpaired) electrons. The van der Waals surface area contributed by atoms with Crippen molar-refractivity contribution in [2.75, 3.05) is 7.11 Å². The maximum absolute atomic E-state index is 12.2. The average Bonchev–Trinajstić information content (AvgIpc) is 2.48. The fourth-order valence-corrected chi connectivity index (χ4v) is 2.46. The second kappa shape index (κ2) is 5.26. The number of phenols is 1. The van der Waals surface area contributed by atoms with E-state index < -0.39 is 0 Å². The van der Waals surface area contributed by atoms with Crippen LogP contribution in [0.1, 0.15) is 0 Å². The smallest absolute Gasteiger partial charge is 0.193 e. The Morgan fingerprint density at radius 2 is 1.95 bits per heavy atom. The monoisotopic (exact) mass is 346 g/mol. The van der Waals surface area contributed by atoms with Crippen LogP contribution in [0, 0.1) is 0 Å². The molecule has 0 atom stereocenters. The Hall–Kier alpha value is -2.27. The number of ether oxygens (including phenoxy) is 1. The number of hydrogen-bond acceptors (Lipinski definition) is 4. The van der Waals surface area contributed by atoms with Crippen LogP contribution in [0.25, 0.3) is 22.3 Å². The Labute approximate surface area is 128 Å². The number of methoxy groups -OCH3 is 1. The average molecular weight is 347 g/mol. The molecule has 0 saturated carbocycles. The number of fused-ring (bicyclic) bond motifs is 1. The van der Waals surface area contributed by atoms with Gasteiger partial charge in [-0.2, -0.15) is 0 Å². The number of halogens is 1. The van der Waals surface area contributed by atoms with Crippen LogP contribution >= 0.6 is 15.9 Å². The van der Waals surface area contributed by atoms with E-state index >= 15 is 0 Å². The zero-order valence-electron chi connectivity index (χ0n) is 11.1. The highest BCUT2D eigenvalue weighted by Gasteiger charge is 2.10. The van der Waals surface area contributed by atoms with Gasteiger partial charge in [-0.1, -0.05) is 15.9 Å². The first kappa shape index (κ1) is 13.7. The minimum Gasteiger partial charge on any atom is -0.504 e. The van der Waals surface area contributed by atoms with Gasteiger partial charge < -0.3 is 14.3 Å². The van der Waals surface area contributed by atoms with Crippen LogP contribution in [0.3, 0.4) is 0 Å². The summed E-state index contributed by atoms with van der Waals surface area (Å²) < 4.78 is 11.7. The fourth-order valence-electron chi connectivity index (χ4n) is 2.10. The molecule has 2 aromatic carbocycles. The summed E-state index contributed by atoms with van der Waals surface area (Å²) in [7, 11) is 1.47. The highest BCUT2D eigenvalue weighted by atomic mass is 79.9. The summed E-state index contributed by atoms with van der Waals surface area (Å²) in [5, 5.41) is 10.1. The molecule has 0 saturated heterocycles. The van der Waals surface area contributed by atoms with E-state index in [-0.39, 0.29) is 11.2 Å². The molecule has 106 valence electrons. The molecule has 1 aromatic heterocycles. The standard InChI is InChI=1S/C16H11BrO4/c1-20-16-6-9(2-4-12(16)18)15-8-13(19)11-7-10(17)3-5-14(11)21-15/h2-8,18H,1H3. The van der Waals surface area contributed by atoms with Crippen molar-refractivity contribution < 1.29 is 14.3 Å². The second-order valence-corrected chi connectivity index (χ2v) is 5.42. The lowest BCUT2D eigenvalue weighted by Crippen LogP contribution is -2.00. The van der Waals surface area contributed by atoms with Crippen LogP contribution in [0.2, 0.25) is 0 Å². The van der Waals surface area contributed by atoms with Gasteiger partial charge in [-0.15, -0.1) is 0 Å². The molecule has 21 heavy (non-hydrogen) atoms. The minimum absolute atomic E-state index is 0.0355. The van der Waals surface area contributed by atoms with Crippen molar-refractivity contribution in [3.05, 3.63) is 57.2 Å². The van der Waals surface area contributed by atoms with Gasteiger partial charge in [0.15, 0.2) is 16.9 Å². The lowest BCUT2D eigenvalue weighted by molar-refractivity contribution is 0.373. The van der Waals surface area contributed by atoms with E-state index in [0.717, 1.165) is 4.47 Å². The topological polar surface area (TPSA) is 59.7 Å². The predicted octanol–water partition coefficient (Wildman–Crippen LogP) is 3.94. The van der Waals surface area contributed by atoms with Gasteiger partial charge in [0.1, 0.15) is 11.3 Å². The van der Waals surface area contributed by atoms with E-state index in [2.05, 4.69) is 15.9 Å². The van der Waals surface area contributed by atoms with Gasteiger partial charge in [0.2, 0.25) is 0 Å². The van der Waals surface area contributed by atoms with Gasteiger partial charge in [0, 0.05) is 16.1 Å². The SMILES string of the molecule is COc1cc(-c2cc(=O)c3cc(Br)ccc3o2)ccc1O. The third kappa shape index (κ3) is 2.52. The van der Waals surface area contributed by atoms with Crippen molar-refractivity contribution >= 4 is 26.9 Å². The largest absolute Gasteiger partial charge is 0.504 e. The van der Waals surface area contributed by atoms with Crippen LogP contribution in [-0.2, 0) is 0 Å². The fraction of sp³-hybridized carbons (Fsp3) is 0.0625.